The number of unbranched alkanes of at least 4 members (excludes halogenated alkanes) is 1. The number of hydrogen-bond donors (Lipinski definition) is 1. The molecule has 1 N–H and O–H groups in total. The molecule has 3 aromatic rings. The fourth-order valence-electron chi connectivity index (χ4n) is 3.81. The summed E-state index contributed by atoms with van der Waals surface area (Å²) >= 11 is 12.6. The number of rotatable bonds is 12. The van der Waals surface area contributed by atoms with Crippen LogP contribution in [0.15, 0.2) is 72.8 Å². The Morgan fingerprint density at radius 1 is 0.972 bits per heavy atom. The summed E-state index contributed by atoms with van der Waals surface area (Å²) < 4.78 is 5.82. The van der Waals surface area contributed by atoms with Crippen LogP contribution in [-0.2, 0) is 22.6 Å². The van der Waals surface area contributed by atoms with Gasteiger partial charge in [-0.25, -0.2) is 0 Å². The highest BCUT2D eigenvalue weighted by Crippen LogP contribution is 2.23. The lowest BCUT2D eigenvalue weighted by Gasteiger charge is -2.31. The molecule has 0 saturated heterocycles. The van der Waals surface area contributed by atoms with Gasteiger partial charge >= 0.3 is 0 Å². The number of ether oxygens (including phenoxy) is 1. The van der Waals surface area contributed by atoms with Gasteiger partial charge in [0.15, 0.2) is 6.61 Å². The average molecular weight is 527 g/mol. The molecule has 0 aromatic heterocycles. The summed E-state index contributed by atoms with van der Waals surface area (Å²) in [5, 5.41) is 4.17. The molecule has 0 aliphatic rings. The number of nitrogens with zero attached hydrogens (tertiary/aromatic N) is 1. The first-order valence-electron chi connectivity index (χ1n) is 12.1. The third-order valence-corrected chi connectivity index (χ3v) is 6.68. The van der Waals surface area contributed by atoms with Crippen molar-refractivity contribution < 1.29 is 14.3 Å². The fourth-order valence-corrected chi connectivity index (χ4v) is 4.12. The maximum atomic E-state index is 13.6. The topological polar surface area (TPSA) is 58.6 Å². The standard InChI is InChI=1S/C29H32Cl2N2O3/c1-3-4-16-32-29(35)27(18-22-10-6-5-7-11-22)33(19-23-12-8-9-13-26(23)31)28(34)20-36-24-14-15-25(30)21(2)17-24/h5-15,17,27H,3-4,16,18-20H2,1-2H3,(H,32,35)/t27-/m0/s1. The molecule has 0 spiro atoms. The minimum absolute atomic E-state index is 0.181. The molecule has 2 amide bonds. The van der Waals surface area contributed by atoms with Crippen molar-refractivity contribution in [3.8, 4) is 5.75 Å². The molecule has 1 atom stereocenters. The van der Waals surface area contributed by atoms with Gasteiger partial charge in [0.2, 0.25) is 5.91 Å². The highest BCUT2D eigenvalue weighted by molar-refractivity contribution is 6.31. The first-order chi connectivity index (χ1) is 17.4. The predicted octanol–water partition coefficient (Wildman–Crippen LogP) is 6.24. The first kappa shape index (κ1) is 27.6. The number of aryl methyl sites for hydroxylation is 1. The highest BCUT2D eigenvalue weighted by Gasteiger charge is 2.31. The van der Waals surface area contributed by atoms with E-state index in [1.807, 2.05) is 55.5 Å². The summed E-state index contributed by atoms with van der Waals surface area (Å²) in [4.78, 5) is 28.6. The van der Waals surface area contributed by atoms with Crippen LogP contribution < -0.4 is 10.1 Å². The summed E-state index contributed by atoms with van der Waals surface area (Å²) in [5.74, 6) is 0.0269. The maximum absolute atomic E-state index is 13.6. The normalized spacial score (nSPS) is 11.6. The van der Waals surface area contributed by atoms with Gasteiger partial charge in [0.25, 0.3) is 5.91 Å². The van der Waals surface area contributed by atoms with E-state index in [1.54, 1.807) is 29.2 Å². The molecule has 0 unspecified atom stereocenters. The first-order valence-corrected chi connectivity index (χ1v) is 12.9. The molecule has 0 aliphatic heterocycles. The van der Waals surface area contributed by atoms with Crippen molar-refractivity contribution in [1.29, 1.82) is 0 Å². The van der Waals surface area contributed by atoms with Crippen LogP contribution in [0.25, 0.3) is 0 Å². The Bertz CT molecular complexity index is 1150. The van der Waals surface area contributed by atoms with E-state index in [0.717, 1.165) is 29.5 Å². The van der Waals surface area contributed by atoms with Crippen LogP contribution in [0.1, 0.15) is 36.5 Å². The van der Waals surface area contributed by atoms with E-state index in [1.165, 1.54) is 0 Å². The zero-order chi connectivity index (χ0) is 25.9. The molecule has 3 aromatic carbocycles. The van der Waals surface area contributed by atoms with Crippen molar-refractivity contribution in [2.24, 2.45) is 0 Å². The van der Waals surface area contributed by atoms with Crippen LogP contribution in [0, 0.1) is 6.92 Å². The molecule has 0 fully saturated rings. The van der Waals surface area contributed by atoms with Gasteiger partial charge in [0.05, 0.1) is 0 Å². The summed E-state index contributed by atoms with van der Waals surface area (Å²) in [7, 11) is 0. The lowest BCUT2D eigenvalue weighted by Crippen LogP contribution is -2.51. The van der Waals surface area contributed by atoms with Gasteiger partial charge in [-0.05, 0) is 54.3 Å². The molecular weight excluding hydrogens is 495 g/mol. The lowest BCUT2D eigenvalue weighted by atomic mass is 10.0. The quantitative estimate of drug-likeness (QED) is 0.284. The molecule has 0 heterocycles. The summed E-state index contributed by atoms with van der Waals surface area (Å²) in [6.07, 6.45) is 2.19. The average Bonchev–Trinajstić information content (AvgIpc) is 2.88. The Morgan fingerprint density at radius 2 is 1.69 bits per heavy atom. The van der Waals surface area contributed by atoms with Crippen LogP contribution in [-0.4, -0.2) is 35.9 Å². The Morgan fingerprint density at radius 3 is 2.39 bits per heavy atom. The van der Waals surface area contributed by atoms with E-state index < -0.39 is 6.04 Å². The van der Waals surface area contributed by atoms with E-state index in [2.05, 4.69) is 12.2 Å². The summed E-state index contributed by atoms with van der Waals surface area (Å²) in [5.41, 5.74) is 2.57. The molecular formula is C29H32Cl2N2O3. The van der Waals surface area contributed by atoms with Crippen LogP contribution >= 0.6 is 23.2 Å². The van der Waals surface area contributed by atoms with Crippen LogP contribution in [0.3, 0.4) is 0 Å². The Hall–Kier alpha value is -3.02. The number of amides is 2. The van der Waals surface area contributed by atoms with Crippen LogP contribution in [0.4, 0.5) is 0 Å². The zero-order valence-electron chi connectivity index (χ0n) is 20.7. The number of hydrogen-bond acceptors (Lipinski definition) is 3. The fraction of sp³-hybridized carbons (Fsp3) is 0.310. The van der Waals surface area contributed by atoms with E-state index in [0.29, 0.717) is 28.8 Å². The van der Waals surface area contributed by atoms with Crippen molar-refractivity contribution in [2.45, 2.75) is 45.7 Å². The number of halogens is 2. The van der Waals surface area contributed by atoms with Crippen molar-refractivity contribution in [3.63, 3.8) is 0 Å². The second kappa shape index (κ2) is 13.9. The SMILES string of the molecule is CCCCNC(=O)[C@H](Cc1ccccc1)N(Cc1ccccc1Cl)C(=O)COc1ccc(Cl)c(C)c1. The molecule has 5 nitrogen and oxygen atoms in total. The predicted molar refractivity (Wildman–Crippen MR) is 146 cm³/mol. The third kappa shape index (κ3) is 8.00. The second-order valence-corrected chi connectivity index (χ2v) is 9.48. The van der Waals surface area contributed by atoms with Gasteiger partial charge in [-0.15, -0.1) is 0 Å². The minimum Gasteiger partial charge on any atom is -0.484 e. The molecule has 7 heteroatoms. The zero-order valence-corrected chi connectivity index (χ0v) is 22.2. The molecule has 0 saturated carbocycles. The lowest BCUT2D eigenvalue weighted by molar-refractivity contribution is -0.142. The molecule has 0 radical (unpaired) electrons. The number of benzene rings is 3. The smallest absolute Gasteiger partial charge is 0.261 e. The van der Waals surface area contributed by atoms with Crippen molar-refractivity contribution in [3.05, 3.63) is 99.5 Å². The van der Waals surface area contributed by atoms with Crippen molar-refractivity contribution in [2.75, 3.05) is 13.2 Å². The molecule has 0 bridgehead atoms. The summed E-state index contributed by atoms with van der Waals surface area (Å²) in [6.45, 7) is 4.45. The maximum Gasteiger partial charge on any atom is 0.261 e. The second-order valence-electron chi connectivity index (χ2n) is 8.66. The van der Waals surface area contributed by atoms with Gasteiger partial charge in [0.1, 0.15) is 11.8 Å². The molecule has 0 aliphatic carbocycles. The van der Waals surface area contributed by atoms with Crippen molar-refractivity contribution >= 4 is 35.0 Å². The van der Waals surface area contributed by atoms with E-state index in [-0.39, 0.29) is 25.0 Å². The third-order valence-electron chi connectivity index (χ3n) is 5.89. The van der Waals surface area contributed by atoms with Gasteiger partial charge < -0.3 is 15.0 Å². The highest BCUT2D eigenvalue weighted by atomic mass is 35.5. The van der Waals surface area contributed by atoms with Gasteiger partial charge in [-0.2, -0.15) is 0 Å². The van der Waals surface area contributed by atoms with Crippen LogP contribution in [0.2, 0.25) is 10.0 Å². The van der Waals surface area contributed by atoms with E-state index in [4.69, 9.17) is 27.9 Å². The molecule has 3 rings (SSSR count). The minimum atomic E-state index is -0.733. The summed E-state index contributed by atoms with van der Waals surface area (Å²) in [6, 6.07) is 21.5. The molecule has 190 valence electrons. The number of carbonyl (C=O) groups is 2. The largest absolute Gasteiger partial charge is 0.484 e. The van der Waals surface area contributed by atoms with Gasteiger partial charge in [0, 0.05) is 29.6 Å². The Kier molecular flexibility index (Phi) is 10.6. The molecule has 36 heavy (non-hydrogen) atoms. The monoisotopic (exact) mass is 526 g/mol. The van der Waals surface area contributed by atoms with E-state index >= 15 is 0 Å². The van der Waals surface area contributed by atoms with Gasteiger partial charge in [-0.1, -0.05) is 85.1 Å². The Labute approximate surface area is 223 Å². The number of nitrogens with one attached hydrogen (secondary N) is 1. The van der Waals surface area contributed by atoms with Crippen LogP contribution in [0.5, 0.6) is 5.75 Å². The Balaban J connectivity index is 1.89. The number of carbonyl (C=O) groups excluding carboxylic acids is 2. The van der Waals surface area contributed by atoms with Crippen molar-refractivity contribution in [1.82, 2.24) is 10.2 Å². The van der Waals surface area contributed by atoms with Gasteiger partial charge in [-0.3, -0.25) is 9.59 Å². The van der Waals surface area contributed by atoms with E-state index in [9.17, 15) is 9.59 Å².